The average Bonchev–Trinajstić information content (AvgIpc) is 2.61. The molecule has 14 heavy (non-hydrogen) atoms. The van der Waals surface area contributed by atoms with E-state index in [0.717, 1.165) is 12.8 Å². The maximum atomic E-state index is 11.5. The summed E-state index contributed by atoms with van der Waals surface area (Å²) in [6, 6.07) is 0.198. The summed E-state index contributed by atoms with van der Waals surface area (Å²) in [5.41, 5.74) is 0. The van der Waals surface area contributed by atoms with Crippen LogP contribution in [-0.4, -0.2) is 43.2 Å². The molecule has 0 aromatic heterocycles. The minimum atomic E-state index is 0.0359. The first-order chi connectivity index (χ1) is 6.81. The average molecular weight is 198 g/mol. The van der Waals surface area contributed by atoms with E-state index in [4.69, 9.17) is 9.47 Å². The van der Waals surface area contributed by atoms with Crippen LogP contribution in [0, 0.1) is 0 Å². The van der Waals surface area contributed by atoms with Crippen molar-refractivity contribution in [2.75, 3.05) is 20.3 Å². The molecule has 5 heteroatoms. The van der Waals surface area contributed by atoms with Gasteiger partial charge in [-0.2, -0.15) is 0 Å². The van der Waals surface area contributed by atoms with Crippen molar-refractivity contribution in [3.8, 4) is 0 Å². The minimum Gasteiger partial charge on any atom is -0.483 e. The number of rotatable bonds is 1. The van der Waals surface area contributed by atoms with Crippen LogP contribution in [0.1, 0.15) is 19.3 Å². The van der Waals surface area contributed by atoms with Gasteiger partial charge < -0.3 is 9.47 Å². The van der Waals surface area contributed by atoms with Gasteiger partial charge in [0.15, 0.2) is 0 Å². The second-order valence-corrected chi connectivity index (χ2v) is 3.46. The number of hydrogen-bond donors (Lipinski definition) is 0. The zero-order valence-corrected chi connectivity index (χ0v) is 8.23. The summed E-state index contributed by atoms with van der Waals surface area (Å²) >= 11 is 0. The maximum absolute atomic E-state index is 11.5. The zero-order chi connectivity index (χ0) is 9.97. The Morgan fingerprint density at radius 2 is 2.21 bits per heavy atom. The Balaban J connectivity index is 2.02. The normalized spacial score (nSPS) is 23.9. The van der Waals surface area contributed by atoms with Gasteiger partial charge in [0.2, 0.25) is 5.90 Å². The predicted molar refractivity (Wildman–Crippen MR) is 49.7 cm³/mol. The van der Waals surface area contributed by atoms with Crippen molar-refractivity contribution in [1.82, 2.24) is 5.01 Å². The molecule has 0 saturated carbocycles. The number of ether oxygens (including phenoxy) is 2. The molecule has 2 aliphatic rings. The molecule has 0 aromatic carbocycles. The largest absolute Gasteiger partial charge is 0.483 e. The first-order valence-corrected chi connectivity index (χ1v) is 4.82. The summed E-state index contributed by atoms with van der Waals surface area (Å²) in [6.07, 6.45) is 2.03. The van der Waals surface area contributed by atoms with Crippen molar-refractivity contribution in [1.29, 1.82) is 0 Å². The van der Waals surface area contributed by atoms with Crippen LogP contribution in [0.4, 0.5) is 0 Å². The Bertz CT molecular complexity index is 259. The van der Waals surface area contributed by atoms with Crippen LogP contribution in [0.3, 0.4) is 0 Å². The topological polar surface area (TPSA) is 51.1 Å². The van der Waals surface area contributed by atoms with Gasteiger partial charge in [-0.15, -0.1) is 5.10 Å². The smallest absolute Gasteiger partial charge is 0.252 e. The van der Waals surface area contributed by atoms with Crippen LogP contribution in [0.25, 0.3) is 0 Å². The molecule has 0 atom stereocenters. The van der Waals surface area contributed by atoms with Crippen molar-refractivity contribution in [3.05, 3.63) is 0 Å². The predicted octanol–water partition coefficient (Wildman–Crippen LogP) is 0.358. The number of amides is 1. The van der Waals surface area contributed by atoms with Crippen LogP contribution in [0.15, 0.2) is 5.10 Å². The van der Waals surface area contributed by atoms with Crippen LogP contribution >= 0.6 is 0 Å². The van der Waals surface area contributed by atoms with E-state index in [-0.39, 0.29) is 11.9 Å². The van der Waals surface area contributed by atoms with E-state index in [1.807, 2.05) is 0 Å². The van der Waals surface area contributed by atoms with Gasteiger partial charge in [0.05, 0.1) is 13.2 Å². The van der Waals surface area contributed by atoms with Gasteiger partial charge >= 0.3 is 0 Å². The molecule has 0 radical (unpaired) electrons. The van der Waals surface area contributed by atoms with Crippen molar-refractivity contribution in [2.45, 2.75) is 25.3 Å². The molecule has 0 spiro atoms. The molecule has 0 aromatic rings. The Hall–Kier alpha value is -1.10. The molecule has 2 heterocycles. The molecule has 78 valence electrons. The molecule has 1 amide bonds. The van der Waals surface area contributed by atoms with Gasteiger partial charge in [-0.3, -0.25) is 4.79 Å². The standard InChI is InChI=1S/C9H14N2O3/c1-13-8-6-9(12)11(10-8)7-2-4-14-5-3-7/h7H,2-6H2,1H3. The minimum absolute atomic E-state index is 0.0359. The maximum Gasteiger partial charge on any atom is 0.252 e. The van der Waals surface area contributed by atoms with E-state index in [2.05, 4.69) is 5.10 Å². The van der Waals surface area contributed by atoms with E-state index in [9.17, 15) is 4.79 Å². The van der Waals surface area contributed by atoms with E-state index >= 15 is 0 Å². The summed E-state index contributed by atoms with van der Waals surface area (Å²) in [7, 11) is 1.54. The lowest BCUT2D eigenvalue weighted by molar-refractivity contribution is -0.132. The van der Waals surface area contributed by atoms with Crippen LogP contribution < -0.4 is 0 Å². The van der Waals surface area contributed by atoms with Gasteiger partial charge in [0.25, 0.3) is 5.91 Å². The Labute approximate surface area is 82.7 Å². The fraction of sp³-hybridized carbons (Fsp3) is 0.778. The van der Waals surface area contributed by atoms with E-state index in [0.29, 0.717) is 25.5 Å². The van der Waals surface area contributed by atoms with E-state index < -0.39 is 0 Å². The van der Waals surface area contributed by atoms with Crippen molar-refractivity contribution >= 4 is 11.8 Å². The van der Waals surface area contributed by atoms with E-state index in [1.165, 1.54) is 0 Å². The molecule has 0 bridgehead atoms. The van der Waals surface area contributed by atoms with Crippen molar-refractivity contribution in [2.24, 2.45) is 5.10 Å². The van der Waals surface area contributed by atoms with Crippen LogP contribution in [0.5, 0.6) is 0 Å². The summed E-state index contributed by atoms with van der Waals surface area (Å²) in [6.45, 7) is 1.43. The molecule has 2 rings (SSSR count). The molecule has 5 nitrogen and oxygen atoms in total. The molecule has 1 saturated heterocycles. The number of hydrogen-bond acceptors (Lipinski definition) is 4. The monoisotopic (exact) mass is 198 g/mol. The highest BCUT2D eigenvalue weighted by molar-refractivity contribution is 6.01. The lowest BCUT2D eigenvalue weighted by atomic mass is 10.1. The SMILES string of the molecule is COC1=NN(C2CCOCC2)C(=O)C1. The highest BCUT2D eigenvalue weighted by Gasteiger charge is 2.31. The number of hydrazone groups is 1. The number of methoxy groups -OCH3 is 1. The van der Waals surface area contributed by atoms with E-state index in [1.54, 1.807) is 12.1 Å². The quantitative estimate of drug-likeness (QED) is 0.611. The molecule has 0 unspecified atom stereocenters. The summed E-state index contributed by atoms with van der Waals surface area (Å²) in [5.74, 6) is 0.551. The van der Waals surface area contributed by atoms with Gasteiger partial charge in [0.1, 0.15) is 6.42 Å². The Morgan fingerprint density at radius 3 is 2.79 bits per heavy atom. The Morgan fingerprint density at radius 1 is 1.50 bits per heavy atom. The summed E-state index contributed by atoms with van der Waals surface area (Å²) < 4.78 is 10.2. The molecular formula is C9H14N2O3. The number of carbonyl (C=O) groups is 1. The lowest BCUT2D eigenvalue weighted by Crippen LogP contribution is -2.37. The molecule has 0 aliphatic carbocycles. The van der Waals surface area contributed by atoms with Crippen molar-refractivity contribution in [3.63, 3.8) is 0 Å². The van der Waals surface area contributed by atoms with Gasteiger partial charge in [-0.05, 0) is 12.8 Å². The first kappa shape index (κ1) is 9.45. The summed E-state index contributed by atoms with van der Waals surface area (Å²) in [4.78, 5) is 11.5. The van der Waals surface area contributed by atoms with Crippen LogP contribution in [0.2, 0.25) is 0 Å². The second kappa shape index (κ2) is 3.96. The Kier molecular flexibility index (Phi) is 2.67. The summed E-state index contributed by atoms with van der Waals surface area (Å²) in [5, 5.41) is 5.69. The number of carbonyl (C=O) groups excluding carboxylic acids is 1. The fourth-order valence-corrected chi connectivity index (χ4v) is 1.75. The highest BCUT2D eigenvalue weighted by atomic mass is 16.5. The fourth-order valence-electron chi connectivity index (χ4n) is 1.75. The van der Waals surface area contributed by atoms with Gasteiger partial charge in [-0.1, -0.05) is 0 Å². The molecular weight excluding hydrogens is 184 g/mol. The van der Waals surface area contributed by atoms with Gasteiger partial charge in [0, 0.05) is 13.2 Å². The number of nitrogens with zero attached hydrogens (tertiary/aromatic N) is 2. The third-order valence-electron chi connectivity index (χ3n) is 2.55. The molecule has 1 fully saturated rings. The molecule has 2 aliphatic heterocycles. The van der Waals surface area contributed by atoms with Crippen LogP contribution in [-0.2, 0) is 14.3 Å². The molecule has 0 N–H and O–H groups in total. The third-order valence-corrected chi connectivity index (χ3v) is 2.55. The third kappa shape index (κ3) is 1.72. The zero-order valence-electron chi connectivity index (χ0n) is 8.23. The van der Waals surface area contributed by atoms with Gasteiger partial charge in [-0.25, -0.2) is 5.01 Å². The lowest BCUT2D eigenvalue weighted by Gasteiger charge is -2.27. The first-order valence-electron chi connectivity index (χ1n) is 4.82. The second-order valence-electron chi connectivity index (χ2n) is 3.46. The van der Waals surface area contributed by atoms with Crippen molar-refractivity contribution < 1.29 is 14.3 Å². The highest BCUT2D eigenvalue weighted by Crippen LogP contribution is 2.20.